The van der Waals surface area contributed by atoms with Gasteiger partial charge in [-0.3, -0.25) is 4.79 Å². The van der Waals surface area contributed by atoms with E-state index in [0.29, 0.717) is 25.2 Å². The minimum Gasteiger partial charge on any atom is -0.494 e. The molecule has 1 atom stereocenters. The Labute approximate surface area is 126 Å². The molecule has 0 saturated carbocycles. The van der Waals surface area contributed by atoms with E-state index in [0.717, 1.165) is 18.6 Å². The molecule has 5 nitrogen and oxygen atoms in total. The van der Waals surface area contributed by atoms with Crippen molar-refractivity contribution in [1.29, 1.82) is 0 Å². The number of rotatable bonds is 10. The lowest BCUT2D eigenvalue weighted by Crippen LogP contribution is -2.38. The number of carbonyl (C=O) groups is 1. The van der Waals surface area contributed by atoms with E-state index in [9.17, 15) is 4.79 Å². The predicted octanol–water partition coefficient (Wildman–Crippen LogP) is 1.99. The van der Waals surface area contributed by atoms with Crippen molar-refractivity contribution in [3.63, 3.8) is 0 Å². The van der Waals surface area contributed by atoms with Crippen molar-refractivity contribution in [1.82, 2.24) is 5.32 Å². The molecule has 0 bridgehead atoms. The van der Waals surface area contributed by atoms with E-state index >= 15 is 0 Å². The highest BCUT2D eigenvalue weighted by atomic mass is 16.5. The van der Waals surface area contributed by atoms with Crippen LogP contribution < -0.4 is 10.1 Å². The second kappa shape index (κ2) is 10.2. The number of ether oxygens (including phenoxy) is 2. The van der Waals surface area contributed by atoms with Gasteiger partial charge in [0.15, 0.2) is 0 Å². The zero-order chi connectivity index (χ0) is 15.5. The smallest absolute Gasteiger partial charge is 0.251 e. The Hall–Kier alpha value is -1.59. The predicted molar refractivity (Wildman–Crippen MR) is 81.7 cm³/mol. The van der Waals surface area contributed by atoms with Crippen LogP contribution in [0.1, 0.15) is 36.5 Å². The molecule has 0 spiro atoms. The van der Waals surface area contributed by atoms with Crippen LogP contribution in [0.25, 0.3) is 0 Å². The maximum Gasteiger partial charge on any atom is 0.251 e. The first kappa shape index (κ1) is 17.5. The number of aliphatic hydroxyl groups is 1. The lowest BCUT2D eigenvalue weighted by atomic mass is 10.1. The van der Waals surface area contributed by atoms with Gasteiger partial charge in [-0.2, -0.15) is 0 Å². The summed E-state index contributed by atoms with van der Waals surface area (Å²) in [6, 6.07) is 6.87. The Bertz CT molecular complexity index is 399. The average molecular weight is 295 g/mol. The van der Waals surface area contributed by atoms with Gasteiger partial charge in [0.25, 0.3) is 5.91 Å². The first-order chi connectivity index (χ1) is 10.2. The highest BCUT2D eigenvalue weighted by Gasteiger charge is 2.13. The topological polar surface area (TPSA) is 67.8 Å². The average Bonchev–Trinajstić information content (AvgIpc) is 2.48. The minimum absolute atomic E-state index is 0.0124. The summed E-state index contributed by atoms with van der Waals surface area (Å²) in [7, 11) is 1.57. The van der Waals surface area contributed by atoms with E-state index < -0.39 is 0 Å². The summed E-state index contributed by atoms with van der Waals surface area (Å²) in [5.74, 6) is 0.592. The molecule has 1 aromatic carbocycles. The first-order valence-electron chi connectivity index (χ1n) is 7.34. The molecule has 1 amide bonds. The molecule has 118 valence electrons. The molecule has 0 radical (unpaired) electrons. The van der Waals surface area contributed by atoms with Gasteiger partial charge in [-0.05, 0) is 37.1 Å². The normalized spacial score (nSPS) is 12.0. The molecule has 2 N–H and O–H groups in total. The monoisotopic (exact) mass is 295 g/mol. The Balaban J connectivity index is 2.53. The number of amides is 1. The molecule has 0 aliphatic carbocycles. The number of aliphatic hydroxyl groups excluding tert-OH is 1. The fourth-order valence-corrected chi connectivity index (χ4v) is 1.86. The van der Waals surface area contributed by atoms with Gasteiger partial charge in [-0.25, -0.2) is 0 Å². The fourth-order valence-electron chi connectivity index (χ4n) is 1.86. The van der Waals surface area contributed by atoms with Gasteiger partial charge < -0.3 is 19.9 Å². The van der Waals surface area contributed by atoms with Crippen LogP contribution in [0.5, 0.6) is 5.75 Å². The quantitative estimate of drug-likeness (QED) is 0.648. The molecular weight excluding hydrogens is 270 g/mol. The van der Waals surface area contributed by atoms with Gasteiger partial charge in [0.05, 0.1) is 19.3 Å². The number of nitrogens with one attached hydrogen (secondary N) is 1. The van der Waals surface area contributed by atoms with Gasteiger partial charge >= 0.3 is 0 Å². The van der Waals surface area contributed by atoms with Crippen molar-refractivity contribution in [3.05, 3.63) is 29.8 Å². The zero-order valence-electron chi connectivity index (χ0n) is 12.8. The van der Waals surface area contributed by atoms with Crippen molar-refractivity contribution in [2.24, 2.45) is 0 Å². The second-order valence-electron chi connectivity index (χ2n) is 4.86. The molecule has 0 aliphatic rings. The molecule has 5 heteroatoms. The number of carbonyl (C=O) groups excluding carboxylic acids is 1. The van der Waals surface area contributed by atoms with Crippen molar-refractivity contribution in [2.45, 2.75) is 32.2 Å². The van der Waals surface area contributed by atoms with Crippen molar-refractivity contribution < 1.29 is 19.4 Å². The van der Waals surface area contributed by atoms with Crippen LogP contribution in [0, 0.1) is 0 Å². The molecular formula is C16H25NO4. The number of methoxy groups -OCH3 is 1. The van der Waals surface area contributed by atoms with Crippen molar-refractivity contribution >= 4 is 5.91 Å². The van der Waals surface area contributed by atoms with Gasteiger partial charge in [0.1, 0.15) is 5.75 Å². The third kappa shape index (κ3) is 6.60. The summed E-state index contributed by atoms with van der Waals surface area (Å²) in [5, 5.41) is 11.8. The summed E-state index contributed by atoms with van der Waals surface area (Å²) in [5.41, 5.74) is 0.567. The molecule has 0 fully saturated rings. The molecule has 0 aromatic heterocycles. The summed E-state index contributed by atoms with van der Waals surface area (Å²) < 4.78 is 10.6. The van der Waals surface area contributed by atoms with Crippen LogP contribution >= 0.6 is 0 Å². The van der Waals surface area contributed by atoms with Gasteiger partial charge in [-0.1, -0.05) is 13.3 Å². The van der Waals surface area contributed by atoms with Crippen LogP contribution in [-0.4, -0.2) is 44.0 Å². The Morgan fingerprint density at radius 2 is 2.05 bits per heavy atom. The summed E-state index contributed by atoms with van der Waals surface area (Å²) in [6.45, 7) is 3.19. The SMILES string of the molecule is CCCCOc1ccc(C(=O)NC(CCO)COC)cc1. The largest absolute Gasteiger partial charge is 0.494 e. The van der Waals surface area contributed by atoms with E-state index in [4.69, 9.17) is 14.6 Å². The molecule has 1 aromatic rings. The van der Waals surface area contributed by atoms with E-state index in [1.165, 1.54) is 0 Å². The standard InChI is InChI=1S/C16H25NO4/c1-3-4-11-21-15-7-5-13(6-8-15)16(19)17-14(9-10-18)12-20-2/h5-8,14,18H,3-4,9-12H2,1-2H3,(H,17,19). The fraction of sp³-hybridized carbons (Fsp3) is 0.562. The van der Waals surface area contributed by atoms with Crippen LogP contribution in [-0.2, 0) is 4.74 Å². The van der Waals surface area contributed by atoms with E-state index in [1.54, 1.807) is 31.4 Å². The zero-order valence-corrected chi connectivity index (χ0v) is 12.8. The molecule has 1 unspecified atom stereocenters. The molecule has 1 rings (SSSR count). The molecule has 21 heavy (non-hydrogen) atoms. The van der Waals surface area contributed by atoms with Gasteiger partial charge in [-0.15, -0.1) is 0 Å². The third-order valence-corrected chi connectivity index (χ3v) is 3.06. The third-order valence-electron chi connectivity index (χ3n) is 3.06. The number of benzene rings is 1. The number of hydrogen-bond donors (Lipinski definition) is 2. The number of unbranched alkanes of at least 4 members (excludes halogenated alkanes) is 1. The maximum absolute atomic E-state index is 12.1. The molecule has 0 heterocycles. The van der Waals surface area contributed by atoms with E-state index in [2.05, 4.69) is 12.2 Å². The van der Waals surface area contributed by atoms with E-state index in [1.807, 2.05) is 0 Å². The van der Waals surface area contributed by atoms with Crippen molar-refractivity contribution in [2.75, 3.05) is 26.9 Å². The minimum atomic E-state index is -0.187. The summed E-state index contributed by atoms with van der Waals surface area (Å²) >= 11 is 0. The lowest BCUT2D eigenvalue weighted by Gasteiger charge is -2.17. The van der Waals surface area contributed by atoms with Crippen LogP contribution in [0.15, 0.2) is 24.3 Å². The van der Waals surface area contributed by atoms with E-state index in [-0.39, 0.29) is 18.6 Å². The maximum atomic E-state index is 12.1. The number of hydrogen-bond acceptors (Lipinski definition) is 4. The lowest BCUT2D eigenvalue weighted by molar-refractivity contribution is 0.0878. The summed E-state index contributed by atoms with van der Waals surface area (Å²) in [4.78, 5) is 12.1. The first-order valence-corrected chi connectivity index (χ1v) is 7.34. The Kier molecular flexibility index (Phi) is 8.47. The Morgan fingerprint density at radius 3 is 2.62 bits per heavy atom. The van der Waals surface area contributed by atoms with Crippen LogP contribution in [0.3, 0.4) is 0 Å². The van der Waals surface area contributed by atoms with Gasteiger partial charge in [0, 0.05) is 19.3 Å². The van der Waals surface area contributed by atoms with Crippen LogP contribution in [0.2, 0.25) is 0 Å². The Morgan fingerprint density at radius 1 is 1.33 bits per heavy atom. The van der Waals surface area contributed by atoms with Crippen LogP contribution in [0.4, 0.5) is 0 Å². The summed E-state index contributed by atoms with van der Waals surface area (Å²) in [6.07, 6.45) is 2.58. The highest BCUT2D eigenvalue weighted by molar-refractivity contribution is 5.94. The van der Waals surface area contributed by atoms with Crippen molar-refractivity contribution in [3.8, 4) is 5.75 Å². The highest BCUT2D eigenvalue weighted by Crippen LogP contribution is 2.13. The second-order valence-corrected chi connectivity index (χ2v) is 4.86. The molecule has 0 aliphatic heterocycles. The molecule has 0 saturated heterocycles. The van der Waals surface area contributed by atoms with Gasteiger partial charge in [0.2, 0.25) is 0 Å².